The molecule has 0 heterocycles. The third-order valence-corrected chi connectivity index (χ3v) is 4.33. The number of para-hydroxylation sites is 2. The molecular formula is C24H26N4. The minimum Gasteiger partial charge on any atom is -0.388 e. The lowest BCUT2D eigenvalue weighted by atomic mass is 10.1. The Bertz CT molecular complexity index is 915. The molecule has 4 heteroatoms. The van der Waals surface area contributed by atoms with Crippen LogP contribution in [0.25, 0.3) is 6.08 Å². The maximum Gasteiger partial charge on any atom is 0.0591 e. The molecule has 2 N–H and O–H groups in total. The van der Waals surface area contributed by atoms with E-state index in [9.17, 15) is 0 Å². The van der Waals surface area contributed by atoms with Crippen LogP contribution in [0.3, 0.4) is 0 Å². The van der Waals surface area contributed by atoms with Crippen LogP contribution in [-0.4, -0.2) is 20.3 Å². The van der Waals surface area contributed by atoms with Gasteiger partial charge in [0.15, 0.2) is 0 Å². The van der Waals surface area contributed by atoms with Crippen molar-refractivity contribution in [2.45, 2.75) is 6.42 Å². The molecule has 0 fully saturated rings. The second-order valence-corrected chi connectivity index (χ2v) is 6.33. The quantitative estimate of drug-likeness (QED) is 0.377. The normalized spacial score (nSPS) is 11.1. The molecule has 28 heavy (non-hydrogen) atoms. The molecule has 0 aromatic heterocycles. The standard InChI is InChI=1S/C24H26N4/c1-25-24-14-7-6-10-20(24)11-8-9-19-26-28(2)23-17-15-22(16-18-23)27-21-12-4-3-5-13-21/h3-8,10-19,25,27H,9H2,1-2H3/b11-8-,26-19+. The molecule has 3 aromatic rings. The van der Waals surface area contributed by atoms with Crippen LogP contribution in [0.15, 0.2) is 90.0 Å². The molecule has 142 valence electrons. The highest BCUT2D eigenvalue weighted by Crippen LogP contribution is 2.20. The summed E-state index contributed by atoms with van der Waals surface area (Å²) in [6.07, 6.45) is 6.91. The van der Waals surface area contributed by atoms with Crippen molar-refractivity contribution in [1.82, 2.24) is 0 Å². The first-order valence-electron chi connectivity index (χ1n) is 9.38. The van der Waals surface area contributed by atoms with Crippen molar-refractivity contribution in [3.8, 4) is 0 Å². The Labute approximate surface area is 167 Å². The number of nitrogens with one attached hydrogen (secondary N) is 2. The van der Waals surface area contributed by atoms with Crippen molar-refractivity contribution >= 4 is 35.0 Å². The average Bonchev–Trinajstić information content (AvgIpc) is 2.75. The van der Waals surface area contributed by atoms with Gasteiger partial charge in [0.05, 0.1) is 5.69 Å². The minimum absolute atomic E-state index is 0.774. The highest BCUT2D eigenvalue weighted by atomic mass is 15.4. The van der Waals surface area contributed by atoms with E-state index in [4.69, 9.17) is 0 Å². The van der Waals surface area contributed by atoms with Gasteiger partial charge in [-0.25, -0.2) is 0 Å². The topological polar surface area (TPSA) is 39.7 Å². The average molecular weight is 370 g/mol. The van der Waals surface area contributed by atoms with Crippen LogP contribution in [0.2, 0.25) is 0 Å². The van der Waals surface area contributed by atoms with Gasteiger partial charge in [-0.15, -0.1) is 0 Å². The fraction of sp³-hybridized carbons (Fsp3) is 0.125. The molecule has 0 aliphatic carbocycles. The smallest absolute Gasteiger partial charge is 0.0591 e. The van der Waals surface area contributed by atoms with Crippen molar-refractivity contribution in [3.05, 3.63) is 90.5 Å². The van der Waals surface area contributed by atoms with Crippen LogP contribution in [0.5, 0.6) is 0 Å². The van der Waals surface area contributed by atoms with Crippen LogP contribution in [0.1, 0.15) is 12.0 Å². The first-order valence-corrected chi connectivity index (χ1v) is 9.38. The molecule has 0 aliphatic heterocycles. The molecule has 4 nitrogen and oxygen atoms in total. The molecule has 0 saturated heterocycles. The highest BCUT2D eigenvalue weighted by molar-refractivity contribution is 5.70. The Balaban J connectivity index is 1.52. The van der Waals surface area contributed by atoms with E-state index in [2.05, 4.69) is 64.3 Å². The van der Waals surface area contributed by atoms with Crippen LogP contribution >= 0.6 is 0 Å². The fourth-order valence-corrected chi connectivity index (χ4v) is 2.81. The van der Waals surface area contributed by atoms with Crippen LogP contribution in [0.4, 0.5) is 22.7 Å². The number of hydrazone groups is 1. The molecule has 0 saturated carbocycles. The number of hydrogen-bond acceptors (Lipinski definition) is 4. The summed E-state index contributed by atoms with van der Waals surface area (Å²) in [4.78, 5) is 0. The van der Waals surface area contributed by atoms with Crippen molar-refractivity contribution < 1.29 is 0 Å². The van der Waals surface area contributed by atoms with Gasteiger partial charge in [-0.2, -0.15) is 5.10 Å². The lowest BCUT2D eigenvalue weighted by Gasteiger charge is -2.14. The summed E-state index contributed by atoms with van der Waals surface area (Å²) < 4.78 is 0. The molecule has 0 unspecified atom stereocenters. The predicted molar refractivity (Wildman–Crippen MR) is 123 cm³/mol. The zero-order valence-corrected chi connectivity index (χ0v) is 16.3. The Morgan fingerprint density at radius 3 is 2.29 bits per heavy atom. The first-order chi connectivity index (χ1) is 13.8. The number of allylic oxidation sites excluding steroid dienone is 1. The maximum atomic E-state index is 4.50. The van der Waals surface area contributed by atoms with E-state index in [0.717, 1.165) is 29.2 Å². The zero-order chi connectivity index (χ0) is 19.6. The molecule has 0 aliphatic rings. The first kappa shape index (κ1) is 19.2. The summed E-state index contributed by atoms with van der Waals surface area (Å²) >= 11 is 0. The highest BCUT2D eigenvalue weighted by Gasteiger charge is 1.99. The summed E-state index contributed by atoms with van der Waals surface area (Å²) in [5, 5.41) is 13.0. The Morgan fingerprint density at radius 1 is 0.857 bits per heavy atom. The summed E-state index contributed by atoms with van der Waals surface area (Å²) in [6.45, 7) is 0. The molecule has 0 atom stereocenters. The third kappa shape index (κ3) is 5.48. The Kier molecular flexibility index (Phi) is 6.85. The zero-order valence-electron chi connectivity index (χ0n) is 16.3. The molecule has 0 spiro atoms. The van der Waals surface area contributed by atoms with Gasteiger partial charge in [0.2, 0.25) is 0 Å². The van der Waals surface area contributed by atoms with Crippen molar-refractivity contribution in [2.24, 2.45) is 5.10 Å². The van der Waals surface area contributed by atoms with Gasteiger partial charge in [-0.05, 0) is 48.0 Å². The number of hydrogen-bond donors (Lipinski definition) is 2. The summed E-state index contributed by atoms with van der Waals surface area (Å²) in [7, 11) is 3.89. The molecule has 0 radical (unpaired) electrons. The molecule has 3 aromatic carbocycles. The van der Waals surface area contributed by atoms with E-state index in [1.807, 2.05) is 67.8 Å². The number of rotatable bonds is 8. The van der Waals surface area contributed by atoms with Crippen molar-refractivity contribution in [2.75, 3.05) is 29.7 Å². The van der Waals surface area contributed by atoms with Gasteiger partial charge < -0.3 is 10.6 Å². The van der Waals surface area contributed by atoms with E-state index in [-0.39, 0.29) is 0 Å². The fourth-order valence-electron chi connectivity index (χ4n) is 2.81. The summed E-state index contributed by atoms with van der Waals surface area (Å²) in [6, 6.07) is 26.6. The van der Waals surface area contributed by atoms with Gasteiger partial charge in [-0.3, -0.25) is 5.01 Å². The van der Waals surface area contributed by atoms with Gasteiger partial charge in [0, 0.05) is 43.8 Å². The monoisotopic (exact) mass is 370 g/mol. The molecule has 3 rings (SSSR count). The van der Waals surface area contributed by atoms with Crippen LogP contribution in [-0.2, 0) is 0 Å². The minimum atomic E-state index is 0.774. The van der Waals surface area contributed by atoms with Crippen molar-refractivity contribution in [1.29, 1.82) is 0 Å². The van der Waals surface area contributed by atoms with E-state index < -0.39 is 0 Å². The third-order valence-electron chi connectivity index (χ3n) is 4.33. The van der Waals surface area contributed by atoms with Crippen LogP contribution < -0.4 is 15.6 Å². The van der Waals surface area contributed by atoms with E-state index in [1.54, 1.807) is 0 Å². The van der Waals surface area contributed by atoms with Gasteiger partial charge >= 0.3 is 0 Å². The molecule has 0 amide bonds. The van der Waals surface area contributed by atoms with E-state index in [0.29, 0.717) is 0 Å². The van der Waals surface area contributed by atoms with Gasteiger partial charge in [0.25, 0.3) is 0 Å². The lowest BCUT2D eigenvalue weighted by molar-refractivity contribution is 1.02. The van der Waals surface area contributed by atoms with Crippen LogP contribution in [0, 0.1) is 0 Å². The summed E-state index contributed by atoms with van der Waals surface area (Å²) in [5.41, 5.74) is 5.47. The second kappa shape index (κ2) is 9.97. The second-order valence-electron chi connectivity index (χ2n) is 6.33. The lowest BCUT2D eigenvalue weighted by Crippen LogP contribution is -2.08. The summed E-state index contributed by atoms with van der Waals surface area (Å²) in [5.74, 6) is 0. The number of benzene rings is 3. The molecular weight excluding hydrogens is 344 g/mol. The number of anilines is 4. The molecule has 0 bridgehead atoms. The Morgan fingerprint density at radius 2 is 1.54 bits per heavy atom. The van der Waals surface area contributed by atoms with Gasteiger partial charge in [-0.1, -0.05) is 48.6 Å². The Hall–Kier alpha value is -3.53. The number of nitrogens with zero attached hydrogens (tertiary/aromatic N) is 2. The van der Waals surface area contributed by atoms with Crippen molar-refractivity contribution in [3.63, 3.8) is 0 Å². The maximum absolute atomic E-state index is 4.50. The largest absolute Gasteiger partial charge is 0.388 e. The van der Waals surface area contributed by atoms with E-state index in [1.165, 1.54) is 5.56 Å². The predicted octanol–water partition coefficient (Wildman–Crippen LogP) is 6.00. The van der Waals surface area contributed by atoms with E-state index >= 15 is 0 Å². The van der Waals surface area contributed by atoms with Gasteiger partial charge in [0.1, 0.15) is 0 Å². The SMILES string of the molecule is CNc1ccccc1/C=C\C/C=N/N(C)c1ccc(Nc2ccccc2)cc1.